The van der Waals surface area contributed by atoms with Gasteiger partial charge in [-0.05, 0) is 0 Å². The third-order valence-electron chi connectivity index (χ3n) is 2.11. The molecule has 0 radical (unpaired) electrons. The van der Waals surface area contributed by atoms with Crippen molar-refractivity contribution in [1.82, 2.24) is 5.06 Å². The first-order chi connectivity index (χ1) is 8.04. The van der Waals surface area contributed by atoms with E-state index in [4.69, 9.17) is 5.73 Å². The van der Waals surface area contributed by atoms with Gasteiger partial charge < -0.3 is 14.7 Å². The van der Waals surface area contributed by atoms with Crippen molar-refractivity contribution in [2.75, 3.05) is 6.73 Å². The van der Waals surface area contributed by atoms with E-state index in [-0.39, 0.29) is 32.4 Å². The van der Waals surface area contributed by atoms with Crippen LogP contribution in [-0.2, 0) is 24.0 Å². The number of esters is 1. The van der Waals surface area contributed by atoms with Gasteiger partial charge in [-0.3, -0.25) is 15.3 Å². The van der Waals surface area contributed by atoms with Crippen LogP contribution in [0.25, 0.3) is 0 Å². The summed E-state index contributed by atoms with van der Waals surface area (Å²) < 4.78 is 4.41. The molecule has 8 heteroatoms. The normalized spacial score (nSPS) is 19.3. The highest BCUT2D eigenvalue weighted by Crippen LogP contribution is 2.17. The van der Waals surface area contributed by atoms with Gasteiger partial charge in [0, 0.05) is 12.8 Å². The van der Waals surface area contributed by atoms with Gasteiger partial charge in [0.2, 0.25) is 0 Å². The van der Waals surface area contributed by atoms with Crippen molar-refractivity contribution in [3.63, 3.8) is 0 Å². The molecule has 0 aliphatic carbocycles. The Labute approximate surface area is 97.2 Å². The summed E-state index contributed by atoms with van der Waals surface area (Å²) in [6.45, 7) is -0.253. The monoisotopic (exact) mass is 246 g/mol. The summed E-state index contributed by atoms with van der Waals surface area (Å²) in [7, 11) is 0. The highest BCUT2D eigenvalue weighted by Gasteiger charge is 2.32. The van der Waals surface area contributed by atoms with Crippen LogP contribution in [0.1, 0.15) is 25.7 Å². The standard InChI is InChI=1S/C9H14N2O6/c10-5-16-8(14)3-4-9(15)17-11-6(12)1-2-7(11)13/h6,12H,1-5,10H2. The molecule has 1 aliphatic heterocycles. The zero-order valence-electron chi connectivity index (χ0n) is 9.13. The molecule has 0 saturated carbocycles. The maximum Gasteiger partial charge on any atom is 0.333 e. The molecule has 1 heterocycles. The van der Waals surface area contributed by atoms with Crippen molar-refractivity contribution in [3.05, 3.63) is 0 Å². The van der Waals surface area contributed by atoms with Gasteiger partial charge in [0.15, 0.2) is 6.23 Å². The lowest BCUT2D eigenvalue weighted by Crippen LogP contribution is -2.35. The Hall–Kier alpha value is -1.67. The van der Waals surface area contributed by atoms with Gasteiger partial charge in [0.25, 0.3) is 5.91 Å². The second-order valence-electron chi connectivity index (χ2n) is 3.39. The number of ether oxygens (including phenoxy) is 1. The molecule has 1 rings (SSSR count). The first-order valence-electron chi connectivity index (χ1n) is 5.11. The highest BCUT2D eigenvalue weighted by molar-refractivity contribution is 5.81. The van der Waals surface area contributed by atoms with E-state index in [0.29, 0.717) is 5.06 Å². The Bertz CT molecular complexity index is 319. The van der Waals surface area contributed by atoms with Crippen LogP contribution in [0.15, 0.2) is 0 Å². The summed E-state index contributed by atoms with van der Waals surface area (Å²) in [4.78, 5) is 37.9. The smallest absolute Gasteiger partial charge is 0.333 e. The van der Waals surface area contributed by atoms with Crippen LogP contribution < -0.4 is 5.73 Å². The second kappa shape index (κ2) is 6.16. The van der Waals surface area contributed by atoms with Gasteiger partial charge in [0.05, 0.1) is 12.8 Å². The molecule has 17 heavy (non-hydrogen) atoms. The van der Waals surface area contributed by atoms with E-state index in [2.05, 4.69) is 9.57 Å². The van der Waals surface area contributed by atoms with E-state index in [0.717, 1.165) is 0 Å². The van der Waals surface area contributed by atoms with Crippen LogP contribution in [0.5, 0.6) is 0 Å². The maximum absolute atomic E-state index is 11.2. The molecular formula is C9H14N2O6. The minimum Gasteiger partial charge on any atom is -0.450 e. The Morgan fingerprint density at radius 1 is 1.41 bits per heavy atom. The van der Waals surface area contributed by atoms with Crippen molar-refractivity contribution in [1.29, 1.82) is 0 Å². The largest absolute Gasteiger partial charge is 0.450 e. The average molecular weight is 246 g/mol. The third-order valence-corrected chi connectivity index (χ3v) is 2.11. The quantitative estimate of drug-likeness (QED) is 0.453. The number of aliphatic hydroxyl groups excluding tert-OH is 1. The number of nitrogens with two attached hydrogens (primary N) is 1. The minimum atomic E-state index is -1.11. The lowest BCUT2D eigenvalue weighted by atomic mass is 10.3. The van der Waals surface area contributed by atoms with Crippen LogP contribution in [0, 0.1) is 0 Å². The van der Waals surface area contributed by atoms with Gasteiger partial charge in [-0.25, -0.2) is 4.79 Å². The molecule has 0 aromatic rings. The summed E-state index contributed by atoms with van der Waals surface area (Å²) in [6, 6.07) is 0. The van der Waals surface area contributed by atoms with Crippen molar-refractivity contribution < 1.29 is 29.1 Å². The Kier molecular flexibility index (Phi) is 4.85. The van der Waals surface area contributed by atoms with Crippen molar-refractivity contribution in [2.45, 2.75) is 31.9 Å². The number of carbonyl (C=O) groups is 3. The molecular weight excluding hydrogens is 232 g/mol. The van der Waals surface area contributed by atoms with E-state index in [1.165, 1.54) is 0 Å². The molecule has 1 atom stereocenters. The number of nitrogens with zero attached hydrogens (tertiary/aromatic N) is 1. The van der Waals surface area contributed by atoms with E-state index in [1.807, 2.05) is 0 Å². The number of rotatable bonds is 5. The Morgan fingerprint density at radius 2 is 2.06 bits per heavy atom. The minimum absolute atomic E-state index is 0.129. The van der Waals surface area contributed by atoms with E-state index in [1.54, 1.807) is 0 Å². The van der Waals surface area contributed by atoms with Crippen LogP contribution in [0.4, 0.5) is 0 Å². The Balaban J connectivity index is 2.29. The molecule has 0 aromatic heterocycles. The van der Waals surface area contributed by atoms with Crippen LogP contribution in [-0.4, -0.2) is 41.0 Å². The first kappa shape index (κ1) is 13.4. The number of amides is 1. The number of carbonyl (C=O) groups excluding carboxylic acids is 3. The summed E-state index contributed by atoms with van der Waals surface area (Å²) in [5, 5.41) is 9.91. The summed E-state index contributed by atoms with van der Waals surface area (Å²) >= 11 is 0. The summed E-state index contributed by atoms with van der Waals surface area (Å²) in [5.74, 6) is -1.87. The average Bonchev–Trinajstić information content (AvgIpc) is 2.58. The molecule has 96 valence electrons. The lowest BCUT2D eigenvalue weighted by Gasteiger charge is -2.18. The highest BCUT2D eigenvalue weighted by atomic mass is 16.7. The maximum atomic E-state index is 11.2. The fraction of sp³-hybridized carbons (Fsp3) is 0.667. The predicted octanol–water partition coefficient (Wildman–Crippen LogP) is -1.38. The molecule has 1 saturated heterocycles. The zero-order valence-corrected chi connectivity index (χ0v) is 9.13. The summed E-state index contributed by atoms with van der Waals surface area (Å²) in [5.41, 5.74) is 4.96. The van der Waals surface area contributed by atoms with Gasteiger partial charge in [-0.2, -0.15) is 0 Å². The molecule has 0 aromatic carbocycles. The van der Waals surface area contributed by atoms with Gasteiger partial charge in [0.1, 0.15) is 6.73 Å². The molecule has 0 spiro atoms. The molecule has 1 fully saturated rings. The molecule has 0 bridgehead atoms. The lowest BCUT2D eigenvalue weighted by molar-refractivity contribution is -0.220. The van der Waals surface area contributed by atoms with Crippen molar-refractivity contribution in [2.24, 2.45) is 5.73 Å². The molecule has 8 nitrogen and oxygen atoms in total. The van der Waals surface area contributed by atoms with Crippen LogP contribution in [0.3, 0.4) is 0 Å². The van der Waals surface area contributed by atoms with Gasteiger partial charge in [-0.1, -0.05) is 0 Å². The molecule has 1 unspecified atom stereocenters. The summed E-state index contributed by atoms with van der Waals surface area (Å²) in [6.07, 6.45) is -1.18. The fourth-order valence-electron chi connectivity index (χ4n) is 1.28. The van der Waals surface area contributed by atoms with E-state index in [9.17, 15) is 19.5 Å². The molecule has 3 N–H and O–H groups in total. The van der Waals surface area contributed by atoms with Crippen molar-refractivity contribution in [3.8, 4) is 0 Å². The van der Waals surface area contributed by atoms with Crippen LogP contribution >= 0.6 is 0 Å². The SMILES string of the molecule is NCOC(=O)CCC(=O)ON1C(=O)CCC1O. The van der Waals surface area contributed by atoms with E-state index >= 15 is 0 Å². The van der Waals surface area contributed by atoms with Gasteiger partial charge >= 0.3 is 11.9 Å². The topological polar surface area (TPSA) is 119 Å². The molecule has 1 amide bonds. The Morgan fingerprint density at radius 3 is 2.59 bits per heavy atom. The first-order valence-corrected chi connectivity index (χ1v) is 5.11. The zero-order chi connectivity index (χ0) is 12.8. The predicted molar refractivity (Wildman–Crippen MR) is 52.6 cm³/mol. The van der Waals surface area contributed by atoms with Crippen molar-refractivity contribution >= 4 is 17.8 Å². The number of hydroxylamine groups is 2. The van der Waals surface area contributed by atoms with Crippen LogP contribution in [0.2, 0.25) is 0 Å². The number of hydrogen-bond acceptors (Lipinski definition) is 7. The van der Waals surface area contributed by atoms with E-state index < -0.39 is 24.1 Å². The second-order valence-corrected chi connectivity index (χ2v) is 3.39. The third kappa shape index (κ3) is 4.00. The fourth-order valence-corrected chi connectivity index (χ4v) is 1.28. The number of hydrogen-bond donors (Lipinski definition) is 2. The van der Waals surface area contributed by atoms with Gasteiger partial charge in [-0.15, -0.1) is 5.06 Å². The number of aliphatic hydroxyl groups is 1. The molecule has 1 aliphatic rings.